The molecule has 96 valence electrons. The lowest BCUT2D eigenvalue weighted by atomic mass is 9.97. The van der Waals surface area contributed by atoms with Crippen molar-refractivity contribution in [1.82, 2.24) is 4.90 Å². The van der Waals surface area contributed by atoms with Crippen LogP contribution in [0.2, 0.25) is 5.02 Å². The third-order valence-electron chi connectivity index (χ3n) is 3.24. The van der Waals surface area contributed by atoms with Crippen LogP contribution in [0, 0.1) is 0 Å². The van der Waals surface area contributed by atoms with Crippen LogP contribution in [0.4, 0.5) is 0 Å². The molecule has 1 unspecified atom stereocenters. The summed E-state index contributed by atoms with van der Waals surface area (Å²) in [5.41, 5.74) is 5.77. The summed E-state index contributed by atoms with van der Waals surface area (Å²) in [6, 6.07) is 7.39. The monoisotopic (exact) mass is 256 g/mol. The van der Waals surface area contributed by atoms with Crippen LogP contribution in [-0.2, 0) is 0 Å². The van der Waals surface area contributed by atoms with Crippen molar-refractivity contribution in [2.45, 2.75) is 18.9 Å². The molecule has 0 aliphatic carbocycles. The second kappa shape index (κ2) is 6.24. The van der Waals surface area contributed by atoms with E-state index in [9.17, 15) is 0 Å². The van der Waals surface area contributed by atoms with Crippen LogP contribution in [0.15, 0.2) is 24.3 Å². The fraction of sp³-hybridized carbons (Fsp3) is 0.538. The Morgan fingerprint density at radius 2 is 1.88 bits per heavy atom. The van der Waals surface area contributed by atoms with Crippen LogP contribution in [0.1, 0.15) is 13.3 Å². The lowest BCUT2D eigenvalue weighted by molar-refractivity contribution is 0.139. The molecule has 1 atom stereocenters. The number of nitrogens with two attached hydrogens (primary N) is 1. The van der Waals surface area contributed by atoms with Gasteiger partial charge < -0.3 is 15.4 Å². The number of ether oxygens (including phenoxy) is 1. The summed E-state index contributed by atoms with van der Waals surface area (Å²) in [7, 11) is 4.07. The highest BCUT2D eigenvalue weighted by Gasteiger charge is 2.24. The minimum Gasteiger partial charge on any atom is -0.494 e. The van der Waals surface area contributed by atoms with Crippen molar-refractivity contribution in [3.63, 3.8) is 0 Å². The fourth-order valence-corrected chi connectivity index (χ4v) is 1.55. The molecule has 4 heteroatoms. The average Bonchev–Trinajstić information content (AvgIpc) is 2.31. The Morgan fingerprint density at radius 3 is 2.35 bits per heavy atom. The van der Waals surface area contributed by atoms with Crippen molar-refractivity contribution in [1.29, 1.82) is 0 Å². The van der Waals surface area contributed by atoms with E-state index in [-0.39, 0.29) is 5.54 Å². The van der Waals surface area contributed by atoms with E-state index < -0.39 is 0 Å². The lowest BCUT2D eigenvalue weighted by Crippen LogP contribution is -2.48. The highest BCUT2D eigenvalue weighted by molar-refractivity contribution is 6.30. The van der Waals surface area contributed by atoms with E-state index in [1.54, 1.807) is 0 Å². The largest absolute Gasteiger partial charge is 0.494 e. The van der Waals surface area contributed by atoms with Gasteiger partial charge in [0.2, 0.25) is 0 Å². The van der Waals surface area contributed by atoms with Gasteiger partial charge in [-0.05, 0) is 45.3 Å². The second-order valence-electron chi connectivity index (χ2n) is 4.65. The predicted molar refractivity (Wildman–Crippen MR) is 72.7 cm³/mol. The zero-order valence-corrected chi connectivity index (χ0v) is 11.5. The van der Waals surface area contributed by atoms with Crippen molar-refractivity contribution in [3.8, 4) is 5.75 Å². The molecule has 0 spiro atoms. The highest BCUT2D eigenvalue weighted by Crippen LogP contribution is 2.18. The van der Waals surface area contributed by atoms with Crippen molar-refractivity contribution in [2.24, 2.45) is 5.73 Å². The van der Waals surface area contributed by atoms with Crippen molar-refractivity contribution >= 4 is 11.6 Å². The molecule has 1 aromatic rings. The maximum atomic E-state index is 5.80. The molecular weight excluding hydrogens is 236 g/mol. The highest BCUT2D eigenvalue weighted by atomic mass is 35.5. The second-order valence-corrected chi connectivity index (χ2v) is 5.08. The van der Waals surface area contributed by atoms with E-state index in [1.807, 2.05) is 38.4 Å². The molecule has 0 amide bonds. The predicted octanol–water partition coefficient (Wildman–Crippen LogP) is 2.39. The van der Waals surface area contributed by atoms with Gasteiger partial charge in [0.15, 0.2) is 0 Å². The van der Waals surface area contributed by atoms with E-state index in [4.69, 9.17) is 22.1 Å². The zero-order chi connectivity index (χ0) is 12.9. The fourth-order valence-electron chi connectivity index (χ4n) is 1.43. The molecule has 0 radical (unpaired) electrons. The van der Waals surface area contributed by atoms with Gasteiger partial charge in [-0.1, -0.05) is 11.6 Å². The van der Waals surface area contributed by atoms with Crippen LogP contribution < -0.4 is 10.5 Å². The Labute approximate surface area is 109 Å². The molecule has 17 heavy (non-hydrogen) atoms. The first-order chi connectivity index (χ1) is 7.98. The number of likely N-dealkylation sites (N-methyl/N-ethyl adjacent to an activating group) is 1. The molecule has 0 fully saturated rings. The lowest BCUT2D eigenvalue weighted by Gasteiger charge is -2.35. The quantitative estimate of drug-likeness (QED) is 0.849. The van der Waals surface area contributed by atoms with Crippen molar-refractivity contribution < 1.29 is 4.74 Å². The van der Waals surface area contributed by atoms with Crippen molar-refractivity contribution in [2.75, 3.05) is 27.2 Å². The van der Waals surface area contributed by atoms with Gasteiger partial charge in [-0.2, -0.15) is 0 Å². The molecule has 2 N–H and O–H groups in total. The molecule has 0 saturated heterocycles. The van der Waals surface area contributed by atoms with Crippen LogP contribution in [-0.4, -0.2) is 37.7 Å². The number of rotatable bonds is 6. The SMILES string of the molecule is CN(C)C(C)(CN)CCOc1ccc(Cl)cc1. The van der Waals surface area contributed by atoms with Gasteiger partial charge in [-0.3, -0.25) is 0 Å². The van der Waals surface area contributed by atoms with E-state index >= 15 is 0 Å². The van der Waals surface area contributed by atoms with E-state index in [0.29, 0.717) is 13.2 Å². The number of hydrogen-bond donors (Lipinski definition) is 1. The van der Waals surface area contributed by atoms with Crippen LogP contribution in [0.3, 0.4) is 0 Å². The van der Waals surface area contributed by atoms with Gasteiger partial charge in [0.1, 0.15) is 5.75 Å². The zero-order valence-electron chi connectivity index (χ0n) is 10.7. The van der Waals surface area contributed by atoms with Crippen LogP contribution in [0.25, 0.3) is 0 Å². The Kier molecular flexibility index (Phi) is 5.25. The van der Waals surface area contributed by atoms with Crippen LogP contribution in [0.5, 0.6) is 5.75 Å². The minimum absolute atomic E-state index is 0.0214. The van der Waals surface area contributed by atoms with Crippen LogP contribution >= 0.6 is 11.6 Å². The third-order valence-corrected chi connectivity index (χ3v) is 3.49. The van der Waals surface area contributed by atoms with Gasteiger partial charge in [-0.25, -0.2) is 0 Å². The molecule has 0 aliphatic rings. The molecule has 3 nitrogen and oxygen atoms in total. The molecule has 0 saturated carbocycles. The first kappa shape index (κ1) is 14.3. The van der Waals surface area contributed by atoms with Gasteiger partial charge in [-0.15, -0.1) is 0 Å². The van der Waals surface area contributed by atoms with Gasteiger partial charge in [0.25, 0.3) is 0 Å². The summed E-state index contributed by atoms with van der Waals surface area (Å²) >= 11 is 5.80. The Morgan fingerprint density at radius 1 is 1.29 bits per heavy atom. The Bertz CT molecular complexity index is 340. The summed E-state index contributed by atoms with van der Waals surface area (Å²) in [5, 5.41) is 0.720. The standard InChI is InChI=1S/C13H21ClN2O/c1-13(10-15,16(2)3)8-9-17-12-6-4-11(14)5-7-12/h4-7H,8-10,15H2,1-3H3. The molecule has 0 heterocycles. The van der Waals surface area contributed by atoms with E-state index in [2.05, 4.69) is 11.8 Å². The molecule has 0 aliphatic heterocycles. The number of hydrogen-bond acceptors (Lipinski definition) is 3. The van der Waals surface area contributed by atoms with Gasteiger partial charge >= 0.3 is 0 Å². The molecular formula is C13H21ClN2O. The Hall–Kier alpha value is -0.770. The number of nitrogens with zero attached hydrogens (tertiary/aromatic N) is 1. The van der Waals surface area contributed by atoms with Gasteiger partial charge in [0.05, 0.1) is 6.61 Å². The van der Waals surface area contributed by atoms with E-state index in [1.165, 1.54) is 0 Å². The third kappa shape index (κ3) is 4.19. The maximum Gasteiger partial charge on any atom is 0.119 e. The number of halogens is 1. The van der Waals surface area contributed by atoms with Gasteiger partial charge in [0, 0.05) is 23.5 Å². The number of benzene rings is 1. The Balaban J connectivity index is 2.44. The van der Waals surface area contributed by atoms with E-state index in [0.717, 1.165) is 17.2 Å². The summed E-state index contributed by atoms with van der Waals surface area (Å²) in [4.78, 5) is 2.14. The molecule has 0 aromatic heterocycles. The molecule has 0 bridgehead atoms. The minimum atomic E-state index is -0.0214. The molecule has 1 aromatic carbocycles. The maximum absolute atomic E-state index is 5.80. The molecule has 1 rings (SSSR count). The summed E-state index contributed by atoms with van der Waals surface area (Å²) in [6.45, 7) is 3.40. The summed E-state index contributed by atoms with van der Waals surface area (Å²) < 4.78 is 5.67. The average molecular weight is 257 g/mol. The summed E-state index contributed by atoms with van der Waals surface area (Å²) in [5.74, 6) is 0.840. The first-order valence-electron chi connectivity index (χ1n) is 5.74. The van der Waals surface area contributed by atoms with Crippen molar-refractivity contribution in [3.05, 3.63) is 29.3 Å². The summed E-state index contributed by atoms with van der Waals surface area (Å²) in [6.07, 6.45) is 0.888. The topological polar surface area (TPSA) is 38.5 Å². The normalized spacial score (nSPS) is 14.7. The smallest absolute Gasteiger partial charge is 0.119 e. The first-order valence-corrected chi connectivity index (χ1v) is 6.11.